The molecule has 1 heterocycles. The van der Waals surface area contributed by atoms with Gasteiger partial charge in [0.05, 0.1) is 18.4 Å². The van der Waals surface area contributed by atoms with E-state index in [0.717, 1.165) is 16.8 Å². The number of nitrogens with zero attached hydrogens (tertiary/aromatic N) is 2. The van der Waals surface area contributed by atoms with Crippen LogP contribution in [-0.4, -0.2) is 54.7 Å². The number of methoxy groups -OCH3 is 1. The molecule has 3 rings (SSSR count). The van der Waals surface area contributed by atoms with Crippen molar-refractivity contribution in [2.24, 2.45) is 5.16 Å². The fourth-order valence-electron chi connectivity index (χ4n) is 3.21. The van der Waals surface area contributed by atoms with Gasteiger partial charge in [-0.2, -0.15) is 0 Å². The summed E-state index contributed by atoms with van der Waals surface area (Å²) >= 11 is 0. The lowest BCUT2D eigenvalue weighted by molar-refractivity contribution is 0.00921. The Morgan fingerprint density at radius 3 is 2.67 bits per heavy atom. The first-order valence-electron chi connectivity index (χ1n) is 9.06. The van der Waals surface area contributed by atoms with Gasteiger partial charge in [-0.1, -0.05) is 47.6 Å². The van der Waals surface area contributed by atoms with Gasteiger partial charge in [-0.25, -0.2) is 4.39 Å². The van der Waals surface area contributed by atoms with Gasteiger partial charge in [0.15, 0.2) is 0 Å². The molecule has 144 valence electrons. The summed E-state index contributed by atoms with van der Waals surface area (Å²) in [4.78, 5) is 7.71. The molecule has 1 aliphatic rings. The summed E-state index contributed by atoms with van der Waals surface area (Å²) in [7, 11) is 1.56. The monoisotopic (exact) mass is 372 g/mol. The number of aliphatic hydroxyl groups is 1. The zero-order valence-corrected chi connectivity index (χ0v) is 15.4. The second kappa shape index (κ2) is 9.60. The molecule has 0 fully saturated rings. The van der Waals surface area contributed by atoms with E-state index in [4.69, 9.17) is 9.57 Å². The summed E-state index contributed by atoms with van der Waals surface area (Å²) in [6.45, 7) is 1.89. The Morgan fingerprint density at radius 2 is 1.96 bits per heavy atom. The molecular formula is C21H25FN2O3. The molecule has 0 amide bonds. The first-order valence-corrected chi connectivity index (χ1v) is 9.06. The third-order valence-electron chi connectivity index (χ3n) is 4.45. The van der Waals surface area contributed by atoms with Crippen LogP contribution in [0.4, 0.5) is 4.39 Å². The number of oxime groups is 1. The van der Waals surface area contributed by atoms with Gasteiger partial charge in [-0.15, -0.1) is 0 Å². The van der Waals surface area contributed by atoms with Gasteiger partial charge < -0.3 is 14.7 Å². The van der Waals surface area contributed by atoms with Gasteiger partial charge in [0, 0.05) is 33.2 Å². The molecular weight excluding hydrogens is 347 g/mol. The first kappa shape index (κ1) is 19.5. The lowest BCUT2D eigenvalue weighted by atomic mass is 10.0. The lowest BCUT2D eigenvalue weighted by Crippen LogP contribution is -2.39. The largest absolute Gasteiger partial charge is 0.390 e. The maximum atomic E-state index is 13.2. The van der Waals surface area contributed by atoms with E-state index in [1.165, 1.54) is 12.1 Å². The van der Waals surface area contributed by atoms with Gasteiger partial charge >= 0.3 is 0 Å². The van der Waals surface area contributed by atoms with E-state index in [-0.39, 0.29) is 18.5 Å². The highest BCUT2D eigenvalue weighted by atomic mass is 19.1. The van der Waals surface area contributed by atoms with Crippen LogP contribution in [0.1, 0.15) is 17.5 Å². The smallest absolute Gasteiger partial charge is 0.145 e. The summed E-state index contributed by atoms with van der Waals surface area (Å²) in [5.41, 5.74) is 2.97. The molecule has 27 heavy (non-hydrogen) atoms. The van der Waals surface area contributed by atoms with Crippen molar-refractivity contribution in [3.8, 4) is 0 Å². The Balaban J connectivity index is 1.61. The number of halogens is 1. The number of aliphatic hydroxyl groups excluding tert-OH is 1. The van der Waals surface area contributed by atoms with Crippen LogP contribution in [0.25, 0.3) is 0 Å². The van der Waals surface area contributed by atoms with Crippen molar-refractivity contribution in [2.45, 2.75) is 25.2 Å². The summed E-state index contributed by atoms with van der Waals surface area (Å²) < 4.78 is 18.2. The minimum atomic E-state index is -0.605. The molecule has 2 aromatic rings. The first-order chi connectivity index (χ1) is 13.1. The summed E-state index contributed by atoms with van der Waals surface area (Å²) in [5.74, 6) is -0.259. The van der Waals surface area contributed by atoms with Crippen molar-refractivity contribution >= 4 is 5.71 Å². The van der Waals surface area contributed by atoms with Crippen molar-refractivity contribution in [1.29, 1.82) is 0 Å². The third kappa shape index (κ3) is 5.85. The van der Waals surface area contributed by atoms with Crippen LogP contribution >= 0.6 is 0 Å². The standard InChI is InChI=1S/C21H25FN2O3/c1-26-15-19(25)13-24(12-16-7-9-18(22)10-8-16)14-20-11-21(23-27-20)17-5-3-2-4-6-17/h2-10,19-20,25H,11-15H2,1H3/t19-,20-/m1/s1. The van der Waals surface area contributed by atoms with Crippen molar-refractivity contribution in [3.63, 3.8) is 0 Å². The van der Waals surface area contributed by atoms with E-state index in [2.05, 4.69) is 10.1 Å². The Hall–Kier alpha value is -2.28. The van der Waals surface area contributed by atoms with Crippen molar-refractivity contribution in [2.75, 3.05) is 26.8 Å². The highest BCUT2D eigenvalue weighted by molar-refractivity contribution is 6.01. The van der Waals surface area contributed by atoms with Gasteiger partial charge in [-0.3, -0.25) is 4.90 Å². The number of rotatable bonds is 9. The van der Waals surface area contributed by atoms with Crippen LogP contribution in [0.5, 0.6) is 0 Å². The van der Waals surface area contributed by atoms with E-state index in [1.807, 2.05) is 30.3 Å². The van der Waals surface area contributed by atoms with Crippen molar-refractivity contribution in [3.05, 3.63) is 71.5 Å². The molecule has 5 nitrogen and oxygen atoms in total. The molecule has 0 aromatic heterocycles. The SMILES string of the molecule is COC[C@H](O)CN(Cc1ccc(F)cc1)C[C@H]1CC(c2ccccc2)=NO1. The van der Waals surface area contributed by atoms with Crippen molar-refractivity contribution in [1.82, 2.24) is 4.90 Å². The maximum Gasteiger partial charge on any atom is 0.145 e. The summed E-state index contributed by atoms with van der Waals surface area (Å²) in [5, 5.41) is 14.4. The zero-order valence-electron chi connectivity index (χ0n) is 15.4. The minimum absolute atomic E-state index is 0.0876. The number of ether oxygens (including phenoxy) is 1. The fourth-order valence-corrected chi connectivity index (χ4v) is 3.21. The molecule has 0 spiro atoms. The van der Waals surface area contributed by atoms with Crippen LogP contribution in [0.15, 0.2) is 59.8 Å². The molecule has 0 aliphatic carbocycles. The summed E-state index contributed by atoms with van der Waals surface area (Å²) in [6.07, 6.45) is 0.0198. The highest BCUT2D eigenvalue weighted by Gasteiger charge is 2.25. The molecule has 1 N–H and O–H groups in total. The van der Waals surface area contributed by atoms with Gasteiger partial charge in [0.25, 0.3) is 0 Å². The van der Waals surface area contributed by atoms with Crippen LogP contribution in [0.3, 0.4) is 0 Å². The van der Waals surface area contributed by atoms with Crippen molar-refractivity contribution < 1.29 is 19.1 Å². The Morgan fingerprint density at radius 1 is 1.22 bits per heavy atom. The molecule has 2 atom stereocenters. The normalized spacial score (nSPS) is 17.6. The fraction of sp³-hybridized carbons (Fsp3) is 0.381. The number of benzene rings is 2. The van der Waals surface area contributed by atoms with Crippen LogP contribution in [-0.2, 0) is 16.1 Å². The van der Waals surface area contributed by atoms with Crippen LogP contribution < -0.4 is 0 Å². The average molecular weight is 372 g/mol. The van der Waals surface area contributed by atoms with E-state index in [9.17, 15) is 9.50 Å². The Bertz CT molecular complexity index is 737. The molecule has 0 radical (unpaired) electrons. The Kier molecular flexibility index (Phi) is 6.92. The highest BCUT2D eigenvalue weighted by Crippen LogP contribution is 2.19. The Labute approximate surface area is 159 Å². The van der Waals surface area contributed by atoms with Crippen LogP contribution in [0, 0.1) is 5.82 Å². The molecule has 2 aromatic carbocycles. The molecule has 0 bridgehead atoms. The molecule has 1 aliphatic heterocycles. The predicted molar refractivity (Wildman–Crippen MR) is 102 cm³/mol. The van der Waals surface area contributed by atoms with E-state index in [0.29, 0.717) is 26.1 Å². The van der Waals surface area contributed by atoms with Gasteiger partial charge in [-0.05, 0) is 23.3 Å². The average Bonchev–Trinajstić information content (AvgIpc) is 3.13. The second-order valence-electron chi connectivity index (χ2n) is 6.77. The molecule has 6 heteroatoms. The van der Waals surface area contributed by atoms with E-state index in [1.54, 1.807) is 19.2 Å². The predicted octanol–water partition coefficient (Wildman–Crippen LogP) is 2.83. The zero-order chi connectivity index (χ0) is 19.1. The molecule has 0 saturated heterocycles. The maximum absolute atomic E-state index is 13.2. The quantitative estimate of drug-likeness (QED) is 0.735. The molecule has 0 unspecified atom stereocenters. The number of hydrogen-bond acceptors (Lipinski definition) is 5. The van der Waals surface area contributed by atoms with Gasteiger partial charge in [0.2, 0.25) is 0 Å². The van der Waals surface area contributed by atoms with E-state index < -0.39 is 6.10 Å². The number of hydrogen-bond donors (Lipinski definition) is 1. The topological polar surface area (TPSA) is 54.3 Å². The third-order valence-corrected chi connectivity index (χ3v) is 4.45. The molecule has 0 saturated carbocycles. The van der Waals surface area contributed by atoms with Crippen LogP contribution in [0.2, 0.25) is 0 Å². The van der Waals surface area contributed by atoms with E-state index >= 15 is 0 Å². The second-order valence-corrected chi connectivity index (χ2v) is 6.77. The van der Waals surface area contributed by atoms with Gasteiger partial charge in [0.1, 0.15) is 11.9 Å². The minimum Gasteiger partial charge on any atom is -0.390 e. The lowest BCUT2D eigenvalue weighted by Gasteiger charge is -2.26. The summed E-state index contributed by atoms with van der Waals surface area (Å²) in [6, 6.07) is 16.4.